The van der Waals surface area contributed by atoms with Crippen LogP contribution < -0.4 is 0 Å². The Morgan fingerprint density at radius 2 is 1.24 bits per heavy atom. The van der Waals surface area contributed by atoms with Crippen molar-refractivity contribution in [1.29, 1.82) is 0 Å². The van der Waals surface area contributed by atoms with Crippen molar-refractivity contribution in [3.8, 4) is 11.5 Å². The predicted molar refractivity (Wildman–Crippen MR) is 87.4 cm³/mol. The second kappa shape index (κ2) is 6.98. The normalized spacial score (nSPS) is 10.4. The first kappa shape index (κ1) is 15.2. The van der Waals surface area contributed by atoms with Gasteiger partial charge < -0.3 is 10.2 Å². The Morgan fingerprint density at radius 3 is 1.62 bits per heavy atom. The van der Waals surface area contributed by atoms with Crippen molar-refractivity contribution in [3.63, 3.8) is 0 Å². The van der Waals surface area contributed by atoms with Crippen molar-refractivity contribution in [3.05, 3.63) is 65.2 Å². The van der Waals surface area contributed by atoms with E-state index < -0.39 is 0 Å². The molecule has 0 saturated carbocycles. The highest BCUT2D eigenvalue weighted by molar-refractivity contribution is 5.82. The van der Waals surface area contributed by atoms with Gasteiger partial charge in [-0.05, 0) is 60.7 Å². The van der Waals surface area contributed by atoms with Crippen LogP contribution in [0.5, 0.6) is 11.5 Å². The number of benzene rings is 2. The molecule has 0 aliphatic heterocycles. The summed E-state index contributed by atoms with van der Waals surface area (Å²) < 4.78 is 0. The van der Waals surface area contributed by atoms with Crippen molar-refractivity contribution in [2.75, 3.05) is 0 Å². The van der Waals surface area contributed by atoms with Crippen LogP contribution in [0.1, 0.15) is 44.2 Å². The third-order valence-corrected chi connectivity index (χ3v) is 3.64. The molecule has 0 aromatic heterocycles. The van der Waals surface area contributed by atoms with E-state index in [0.717, 1.165) is 30.4 Å². The monoisotopic (exact) mass is 282 g/mol. The maximum absolute atomic E-state index is 9.48. The van der Waals surface area contributed by atoms with Gasteiger partial charge in [-0.15, -0.1) is 0 Å². The maximum atomic E-state index is 9.48. The number of phenols is 2. The van der Waals surface area contributed by atoms with E-state index in [2.05, 4.69) is 13.8 Å². The third-order valence-electron chi connectivity index (χ3n) is 3.64. The molecule has 21 heavy (non-hydrogen) atoms. The summed E-state index contributed by atoms with van der Waals surface area (Å²) in [6.45, 7) is 4.35. The smallest absolute Gasteiger partial charge is 0.115 e. The van der Waals surface area contributed by atoms with Crippen molar-refractivity contribution >= 4 is 5.57 Å². The van der Waals surface area contributed by atoms with Gasteiger partial charge in [0.15, 0.2) is 0 Å². The Labute approximate surface area is 126 Å². The van der Waals surface area contributed by atoms with Gasteiger partial charge in [-0.25, -0.2) is 0 Å². The zero-order valence-electron chi connectivity index (χ0n) is 12.6. The van der Waals surface area contributed by atoms with E-state index in [-0.39, 0.29) is 11.5 Å². The zero-order valence-corrected chi connectivity index (χ0v) is 12.6. The Balaban J connectivity index is 2.48. The van der Waals surface area contributed by atoms with Crippen LogP contribution in [0.2, 0.25) is 0 Å². The molecule has 0 aliphatic carbocycles. The lowest BCUT2D eigenvalue weighted by atomic mass is 9.91. The zero-order chi connectivity index (χ0) is 15.2. The fourth-order valence-electron chi connectivity index (χ4n) is 2.48. The average molecular weight is 282 g/mol. The van der Waals surface area contributed by atoms with E-state index in [4.69, 9.17) is 0 Å². The largest absolute Gasteiger partial charge is 0.508 e. The Hall–Kier alpha value is -2.22. The molecule has 2 aromatic rings. The number of rotatable bonds is 5. The molecule has 2 rings (SSSR count). The summed E-state index contributed by atoms with van der Waals surface area (Å²) in [5, 5.41) is 19.0. The highest BCUT2D eigenvalue weighted by Gasteiger charge is 2.09. The second-order valence-corrected chi connectivity index (χ2v) is 5.35. The van der Waals surface area contributed by atoms with E-state index in [1.165, 1.54) is 11.1 Å². The van der Waals surface area contributed by atoms with Gasteiger partial charge in [-0.1, -0.05) is 43.2 Å². The van der Waals surface area contributed by atoms with Crippen LogP contribution in [-0.4, -0.2) is 10.2 Å². The van der Waals surface area contributed by atoms with E-state index in [9.17, 15) is 10.2 Å². The molecule has 0 fully saturated rings. The third kappa shape index (κ3) is 3.88. The second-order valence-electron chi connectivity index (χ2n) is 5.35. The molecule has 2 heteroatoms. The standard InChI is InChI=1S/C19H22O2/c1-3-4-5-14(2)19(15-6-10-17(20)11-7-15)16-8-12-18(21)13-9-16/h6-13,20-21H,3-5H2,1-2H3. The summed E-state index contributed by atoms with van der Waals surface area (Å²) in [6.07, 6.45) is 3.37. The molecule has 0 heterocycles. The van der Waals surface area contributed by atoms with Crippen LogP contribution >= 0.6 is 0 Å². The van der Waals surface area contributed by atoms with Gasteiger partial charge in [-0.2, -0.15) is 0 Å². The summed E-state index contributed by atoms with van der Waals surface area (Å²) >= 11 is 0. The minimum absolute atomic E-state index is 0.273. The highest BCUT2D eigenvalue weighted by atomic mass is 16.3. The predicted octanol–water partition coefficient (Wildman–Crippen LogP) is 5.11. The van der Waals surface area contributed by atoms with Crippen LogP contribution in [0.25, 0.3) is 5.57 Å². The molecule has 0 saturated heterocycles. The Morgan fingerprint density at radius 1 is 0.810 bits per heavy atom. The summed E-state index contributed by atoms with van der Waals surface area (Å²) in [5.41, 5.74) is 4.69. The molecule has 110 valence electrons. The molecule has 0 atom stereocenters. The van der Waals surface area contributed by atoms with E-state index in [1.54, 1.807) is 24.3 Å². The minimum Gasteiger partial charge on any atom is -0.508 e. The molecule has 0 amide bonds. The van der Waals surface area contributed by atoms with Crippen LogP contribution in [-0.2, 0) is 0 Å². The first-order valence-electron chi connectivity index (χ1n) is 7.40. The molecule has 0 spiro atoms. The summed E-state index contributed by atoms with van der Waals surface area (Å²) in [6, 6.07) is 14.6. The number of aromatic hydroxyl groups is 2. The van der Waals surface area contributed by atoms with E-state index in [0.29, 0.717) is 0 Å². The van der Waals surface area contributed by atoms with Gasteiger partial charge in [0.1, 0.15) is 11.5 Å². The van der Waals surface area contributed by atoms with Crippen molar-refractivity contribution in [2.24, 2.45) is 0 Å². The molecular formula is C19H22O2. The molecule has 0 unspecified atom stereocenters. The van der Waals surface area contributed by atoms with Gasteiger partial charge >= 0.3 is 0 Å². The SMILES string of the molecule is CCCCC(C)=C(c1ccc(O)cc1)c1ccc(O)cc1. The first-order chi connectivity index (χ1) is 10.1. The van der Waals surface area contributed by atoms with Gasteiger partial charge in [0.25, 0.3) is 0 Å². The number of unbranched alkanes of at least 4 members (excludes halogenated alkanes) is 1. The van der Waals surface area contributed by atoms with E-state index in [1.807, 2.05) is 24.3 Å². The van der Waals surface area contributed by atoms with Crippen molar-refractivity contribution < 1.29 is 10.2 Å². The van der Waals surface area contributed by atoms with Crippen LogP contribution in [0.4, 0.5) is 0 Å². The molecule has 0 aliphatic rings. The summed E-state index contributed by atoms with van der Waals surface area (Å²) in [4.78, 5) is 0. The highest BCUT2D eigenvalue weighted by Crippen LogP contribution is 2.31. The average Bonchev–Trinajstić information content (AvgIpc) is 2.49. The van der Waals surface area contributed by atoms with Gasteiger partial charge in [-0.3, -0.25) is 0 Å². The number of allylic oxidation sites excluding steroid dienone is 1. The lowest BCUT2D eigenvalue weighted by Gasteiger charge is -2.14. The molecule has 2 aromatic carbocycles. The summed E-state index contributed by atoms with van der Waals surface area (Å²) in [5.74, 6) is 0.546. The first-order valence-corrected chi connectivity index (χ1v) is 7.40. The molecule has 2 N–H and O–H groups in total. The lowest BCUT2D eigenvalue weighted by Crippen LogP contribution is -1.93. The van der Waals surface area contributed by atoms with Crippen molar-refractivity contribution in [2.45, 2.75) is 33.1 Å². The molecule has 0 bridgehead atoms. The topological polar surface area (TPSA) is 40.5 Å². The molecular weight excluding hydrogens is 260 g/mol. The number of hydrogen-bond acceptors (Lipinski definition) is 2. The van der Waals surface area contributed by atoms with Gasteiger partial charge in [0, 0.05) is 0 Å². The summed E-state index contributed by atoms with van der Waals surface area (Å²) in [7, 11) is 0. The maximum Gasteiger partial charge on any atom is 0.115 e. The van der Waals surface area contributed by atoms with Crippen molar-refractivity contribution in [1.82, 2.24) is 0 Å². The molecule has 0 radical (unpaired) electrons. The van der Waals surface area contributed by atoms with E-state index >= 15 is 0 Å². The molecule has 2 nitrogen and oxygen atoms in total. The van der Waals surface area contributed by atoms with Crippen LogP contribution in [0, 0.1) is 0 Å². The number of hydrogen-bond donors (Lipinski definition) is 2. The van der Waals surface area contributed by atoms with Gasteiger partial charge in [0.05, 0.1) is 0 Å². The van der Waals surface area contributed by atoms with Gasteiger partial charge in [0.2, 0.25) is 0 Å². The minimum atomic E-state index is 0.273. The van der Waals surface area contributed by atoms with Crippen LogP contribution in [0.3, 0.4) is 0 Å². The number of phenolic OH excluding ortho intramolecular Hbond substituents is 2. The van der Waals surface area contributed by atoms with Crippen LogP contribution in [0.15, 0.2) is 54.1 Å². The Bertz CT molecular complexity index is 560. The quantitative estimate of drug-likeness (QED) is 0.800. The fraction of sp³-hybridized carbons (Fsp3) is 0.263. The fourth-order valence-corrected chi connectivity index (χ4v) is 2.48. The Kier molecular flexibility index (Phi) is 5.04. The lowest BCUT2D eigenvalue weighted by molar-refractivity contribution is 0.475.